The minimum Gasteiger partial charge on any atom is -0.390 e. The van der Waals surface area contributed by atoms with Gasteiger partial charge < -0.3 is 10.8 Å². The van der Waals surface area contributed by atoms with Crippen LogP contribution in [0.15, 0.2) is 0 Å². The molecule has 1 fully saturated rings. The van der Waals surface area contributed by atoms with Gasteiger partial charge in [-0.05, 0) is 32.2 Å². The average Bonchev–Trinajstić information content (AvgIpc) is 1.87. The molecule has 0 aromatic carbocycles. The predicted octanol–water partition coefficient (Wildman–Crippen LogP) is 1.31. The molecular formula is C8H18ClNO. The van der Waals surface area contributed by atoms with Crippen molar-refractivity contribution in [1.82, 2.24) is 0 Å². The summed E-state index contributed by atoms with van der Waals surface area (Å²) >= 11 is 0. The molecular weight excluding hydrogens is 162 g/mol. The Balaban J connectivity index is 0.000001000. The number of aliphatic hydroxyl groups is 1. The summed E-state index contributed by atoms with van der Waals surface area (Å²) in [6.45, 7) is 2.54. The molecule has 1 saturated carbocycles. The van der Waals surface area contributed by atoms with Crippen LogP contribution in [0.4, 0.5) is 0 Å². The molecule has 0 bridgehead atoms. The Morgan fingerprint density at radius 3 is 2.55 bits per heavy atom. The summed E-state index contributed by atoms with van der Waals surface area (Å²) in [5.41, 5.74) is 5.04. The zero-order valence-corrected chi connectivity index (χ0v) is 7.86. The van der Waals surface area contributed by atoms with Crippen molar-refractivity contribution in [2.24, 2.45) is 11.7 Å². The van der Waals surface area contributed by atoms with Crippen LogP contribution in [0.25, 0.3) is 0 Å². The fraction of sp³-hybridized carbons (Fsp3) is 1.00. The number of nitrogens with two attached hydrogens (primary N) is 1. The summed E-state index contributed by atoms with van der Waals surface area (Å²) in [6, 6.07) is 0. The molecule has 0 radical (unpaired) electrons. The Morgan fingerprint density at radius 1 is 1.55 bits per heavy atom. The van der Waals surface area contributed by atoms with Crippen LogP contribution in [-0.4, -0.2) is 17.3 Å². The first-order valence-electron chi connectivity index (χ1n) is 4.09. The first-order chi connectivity index (χ1) is 4.67. The van der Waals surface area contributed by atoms with Gasteiger partial charge in [0.1, 0.15) is 0 Å². The van der Waals surface area contributed by atoms with Crippen molar-refractivity contribution in [2.75, 3.05) is 6.54 Å². The van der Waals surface area contributed by atoms with Crippen molar-refractivity contribution < 1.29 is 5.11 Å². The van der Waals surface area contributed by atoms with Gasteiger partial charge in [0.2, 0.25) is 0 Å². The van der Waals surface area contributed by atoms with E-state index in [4.69, 9.17) is 5.73 Å². The molecule has 0 aromatic rings. The lowest BCUT2D eigenvalue weighted by Crippen LogP contribution is -2.41. The van der Waals surface area contributed by atoms with Gasteiger partial charge in [-0.2, -0.15) is 0 Å². The van der Waals surface area contributed by atoms with Crippen molar-refractivity contribution in [3.63, 3.8) is 0 Å². The van der Waals surface area contributed by atoms with Gasteiger partial charge in [0.25, 0.3) is 0 Å². The largest absolute Gasteiger partial charge is 0.390 e. The molecule has 0 amide bonds. The van der Waals surface area contributed by atoms with Crippen molar-refractivity contribution in [3.8, 4) is 0 Å². The summed E-state index contributed by atoms with van der Waals surface area (Å²) in [6.07, 6.45) is 4.42. The smallest absolute Gasteiger partial charge is 0.0659 e. The molecule has 2 unspecified atom stereocenters. The van der Waals surface area contributed by atoms with E-state index in [1.165, 1.54) is 6.42 Å². The van der Waals surface area contributed by atoms with Crippen LogP contribution in [0.5, 0.6) is 0 Å². The van der Waals surface area contributed by atoms with E-state index in [-0.39, 0.29) is 12.4 Å². The van der Waals surface area contributed by atoms with E-state index in [9.17, 15) is 5.11 Å². The third-order valence-corrected chi connectivity index (χ3v) is 2.65. The summed E-state index contributed by atoms with van der Waals surface area (Å²) in [7, 11) is 0. The van der Waals surface area contributed by atoms with Crippen molar-refractivity contribution >= 4 is 12.4 Å². The third-order valence-electron chi connectivity index (χ3n) is 2.65. The van der Waals surface area contributed by atoms with Crippen LogP contribution < -0.4 is 5.73 Å². The molecule has 11 heavy (non-hydrogen) atoms. The molecule has 0 aromatic heterocycles. The zero-order chi connectivity index (χ0) is 7.61. The van der Waals surface area contributed by atoms with E-state index in [0.717, 1.165) is 19.3 Å². The molecule has 2 nitrogen and oxygen atoms in total. The predicted molar refractivity (Wildman–Crippen MR) is 48.9 cm³/mol. The van der Waals surface area contributed by atoms with Gasteiger partial charge in [-0.3, -0.25) is 0 Å². The molecule has 0 spiro atoms. The maximum absolute atomic E-state index is 9.75. The van der Waals surface area contributed by atoms with Gasteiger partial charge in [0, 0.05) is 0 Å². The Labute approximate surface area is 74.6 Å². The fourth-order valence-electron chi connectivity index (χ4n) is 1.76. The molecule has 3 N–H and O–H groups in total. The highest BCUT2D eigenvalue weighted by Gasteiger charge is 2.32. The molecule has 0 heterocycles. The Bertz CT molecular complexity index is 117. The Morgan fingerprint density at radius 2 is 2.18 bits per heavy atom. The normalized spacial score (nSPS) is 37.9. The molecule has 1 aliphatic carbocycles. The molecule has 0 saturated heterocycles. The number of hydrogen-bond donors (Lipinski definition) is 2. The number of rotatable bonds is 1. The maximum atomic E-state index is 9.75. The SMILES string of the molecule is CC1(O)CCCCC1CN.Cl. The van der Waals surface area contributed by atoms with Crippen LogP contribution in [0.3, 0.4) is 0 Å². The topological polar surface area (TPSA) is 46.2 Å². The monoisotopic (exact) mass is 179 g/mol. The highest BCUT2D eigenvalue weighted by Crippen LogP contribution is 2.32. The van der Waals surface area contributed by atoms with Crippen LogP contribution in [0.2, 0.25) is 0 Å². The van der Waals surface area contributed by atoms with Crippen LogP contribution in [0.1, 0.15) is 32.6 Å². The second-order valence-corrected chi connectivity index (χ2v) is 3.54. The quantitative estimate of drug-likeness (QED) is 0.638. The highest BCUT2D eigenvalue weighted by molar-refractivity contribution is 5.85. The second-order valence-electron chi connectivity index (χ2n) is 3.54. The van der Waals surface area contributed by atoms with Crippen molar-refractivity contribution in [2.45, 2.75) is 38.2 Å². The van der Waals surface area contributed by atoms with E-state index < -0.39 is 5.60 Å². The molecule has 3 heteroatoms. The highest BCUT2D eigenvalue weighted by atomic mass is 35.5. The Kier molecular flexibility index (Phi) is 4.37. The van der Waals surface area contributed by atoms with E-state index in [1.54, 1.807) is 0 Å². The average molecular weight is 180 g/mol. The summed E-state index contributed by atoms with van der Waals surface area (Å²) < 4.78 is 0. The minimum absolute atomic E-state index is 0. The molecule has 2 atom stereocenters. The van der Waals surface area contributed by atoms with Gasteiger partial charge >= 0.3 is 0 Å². The standard InChI is InChI=1S/C8H17NO.ClH/c1-8(10)5-3-2-4-7(8)6-9;/h7,10H,2-6,9H2,1H3;1H. The summed E-state index contributed by atoms with van der Waals surface area (Å²) in [4.78, 5) is 0. The lowest BCUT2D eigenvalue weighted by atomic mass is 9.77. The lowest BCUT2D eigenvalue weighted by molar-refractivity contribution is -0.0277. The first kappa shape index (κ1) is 11.2. The zero-order valence-electron chi connectivity index (χ0n) is 7.05. The fourth-order valence-corrected chi connectivity index (χ4v) is 1.76. The number of halogens is 1. The minimum atomic E-state index is -0.479. The summed E-state index contributed by atoms with van der Waals surface area (Å²) in [5.74, 6) is 0.334. The second kappa shape index (κ2) is 4.29. The molecule has 0 aliphatic heterocycles. The van der Waals surface area contributed by atoms with Gasteiger partial charge in [0.15, 0.2) is 0 Å². The van der Waals surface area contributed by atoms with Crippen LogP contribution >= 0.6 is 12.4 Å². The van der Waals surface area contributed by atoms with E-state index in [1.807, 2.05) is 6.92 Å². The van der Waals surface area contributed by atoms with Gasteiger partial charge in [-0.1, -0.05) is 12.8 Å². The van der Waals surface area contributed by atoms with E-state index >= 15 is 0 Å². The molecule has 1 aliphatic rings. The number of hydrogen-bond acceptors (Lipinski definition) is 2. The van der Waals surface area contributed by atoms with Gasteiger partial charge in [-0.15, -0.1) is 12.4 Å². The van der Waals surface area contributed by atoms with Crippen molar-refractivity contribution in [1.29, 1.82) is 0 Å². The van der Waals surface area contributed by atoms with Crippen molar-refractivity contribution in [3.05, 3.63) is 0 Å². The van der Waals surface area contributed by atoms with Gasteiger partial charge in [0.05, 0.1) is 5.60 Å². The van der Waals surface area contributed by atoms with Gasteiger partial charge in [-0.25, -0.2) is 0 Å². The van der Waals surface area contributed by atoms with E-state index in [2.05, 4.69) is 0 Å². The molecule has 68 valence electrons. The molecule has 1 rings (SSSR count). The lowest BCUT2D eigenvalue weighted by Gasteiger charge is -2.36. The van der Waals surface area contributed by atoms with Crippen LogP contribution in [0, 0.1) is 5.92 Å². The third kappa shape index (κ3) is 2.62. The first-order valence-corrected chi connectivity index (χ1v) is 4.09. The van der Waals surface area contributed by atoms with E-state index in [0.29, 0.717) is 12.5 Å². The van der Waals surface area contributed by atoms with Crippen LogP contribution in [-0.2, 0) is 0 Å². The summed E-state index contributed by atoms with van der Waals surface area (Å²) in [5, 5.41) is 9.75. The maximum Gasteiger partial charge on any atom is 0.0659 e. The Hall–Kier alpha value is 0.210.